The Morgan fingerprint density at radius 1 is 1.29 bits per heavy atom. The summed E-state index contributed by atoms with van der Waals surface area (Å²) >= 11 is 0. The van der Waals surface area contributed by atoms with Crippen molar-refractivity contribution in [3.8, 4) is 0 Å². The number of benzene rings is 1. The molecule has 0 bridgehead atoms. The van der Waals surface area contributed by atoms with Crippen molar-refractivity contribution in [1.29, 1.82) is 0 Å². The van der Waals surface area contributed by atoms with Crippen LogP contribution in [0.2, 0.25) is 0 Å². The van der Waals surface area contributed by atoms with Crippen LogP contribution in [0.25, 0.3) is 11.0 Å². The summed E-state index contributed by atoms with van der Waals surface area (Å²) < 4.78 is 20.8. The number of amides is 1. The third kappa shape index (κ3) is 3.40. The van der Waals surface area contributed by atoms with E-state index in [0.717, 1.165) is 0 Å². The van der Waals surface area contributed by atoms with E-state index < -0.39 is 0 Å². The van der Waals surface area contributed by atoms with Gasteiger partial charge in [-0.05, 0) is 18.9 Å². The van der Waals surface area contributed by atoms with E-state index in [1.54, 1.807) is 30.1 Å². The first-order valence-electron chi connectivity index (χ1n) is 9.08. The second-order valence-corrected chi connectivity index (χ2v) is 6.85. The Labute approximate surface area is 159 Å². The minimum Gasteiger partial charge on any atom is -0.373 e. The number of carbonyl (C=O) groups excluding carboxylic acids is 1. The number of likely N-dealkylation sites (tertiary alicyclic amines) is 1. The molecular weight excluding hydrogens is 365 g/mol. The lowest BCUT2D eigenvalue weighted by Crippen LogP contribution is -2.41. The maximum atomic E-state index is 13.7. The molecule has 2 aromatic heterocycles. The van der Waals surface area contributed by atoms with E-state index >= 15 is 0 Å². The van der Waals surface area contributed by atoms with Gasteiger partial charge >= 0.3 is 0 Å². The van der Waals surface area contributed by atoms with Crippen molar-refractivity contribution in [3.63, 3.8) is 0 Å². The van der Waals surface area contributed by atoms with Crippen LogP contribution in [-0.4, -0.2) is 49.7 Å². The van der Waals surface area contributed by atoms with Gasteiger partial charge in [0.2, 0.25) is 0 Å². The van der Waals surface area contributed by atoms with E-state index in [-0.39, 0.29) is 46.7 Å². The normalized spacial score (nSPS) is 15.3. The molecule has 0 radical (unpaired) electrons. The minimum absolute atomic E-state index is 0.0346. The Morgan fingerprint density at radius 3 is 2.79 bits per heavy atom. The molecule has 3 aromatic rings. The van der Waals surface area contributed by atoms with Gasteiger partial charge in [-0.25, -0.2) is 9.37 Å². The third-order valence-corrected chi connectivity index (χ3v) is 5.00. The van der Waals surface area contributed by atoms with Crippen molar-refractivity contribution < 1.29 is 13.9 Å². The number of ether oxygens (including phenoxy) is 1. The van der Waals surface area contributed by atoms with Gasteiger partial charge in [-0.15, -0.1) is 0 Å². The number of rotatable bonds is 4. The van der Waals surface area contributed by atoms with Gasteiger partial charge in [0.05, 0.1) is 19.0 Å². The number of hydrogen-bond acceptors (Lipinski definition) is 5. The Morgan fingerprint density at radius 2 is 2.04 bits per heavy atom. The topological polar surface area (TPSA) is 93.1 Å². The van der Waals surface area contributed by atoms with E-state index in [4.69, 9.17) is 4.74 Å². The maximum Gasteiger partial charge on any atom is 0.281 e. The Bertz CT molecular complexity index is 1070. The molecule has 146 valence electrons. The van der Waals surface area contributed by atoms with Crippen LogP contribution < -0.4 is 5.56 Å². The van der Waals surface area contributed by atoms with E-state index in [9.17, 15) is 14.0 Å². The highest BCUT2D eigenvalue weighted by atomic mass is 19.1. The van der Waals surface area contributed by atoms with Gasteiger partial charge in [0, 0.05) is 25.7 Å². The van der Waals surface area contributed by atoms with Gasteiger partial charge in [0.1, 0.15) is 17.0 Å². The lowest BCUT2D eigenvalue weighted by molar-refractivity contribution is -0.00140. The fraction of sp³-hybridized carbons (Fsp3) is 0.368. The summed E-state index contributed by atoms with van der Waals surface area (Å²) in [6.45, 7) is 1.22. The van der Waals surface area contributed by atoms with Crippen molar-refractivity contribution in [3.05, 3.63) is 58.0 Å². The molecule has 1 saturated heterocycles. The van der Waals surface area contributed by atoms with Crippen LogP contribution >= 0.6 is 0 Å². The number of H-pyrrole nitrogens is 1. The highest BCUT2D eigenvalue weighted by molar-refractivity contribution is 6.02. The molecular formula is C19H20FN5O3. The van der Waals surface area contributed by atoms with Gasteiger partial charge in [0.15, 0.2) is 5.52 Å². The van der Waals surface area contributed by atoms with Crippen molar-refractivity contribution in [2.75, 3.05) is 13.1 Å². The van der Waals surface area contributed by atoms with Gasteiger partial charge in [0.25, 0.3) is 11.5 Å². The fourth-order valence-electron chi connectivity index (χ4n) is 3.33. The first-order valence-corrected chi connectivity index (χ1v) is 9.08. The average molecular weight is 385 g/mol. The average Bonchev–Trinajstić information content (AvgIpc) is 3.15. The summed E-state index contributed by atoms with van der Waals surface area (Å²) in [6.07, 6.45) is 2.65. The molecule has 1 aromatic carbocycles. The van der Waals surface area contributed by atoms with Gasteiger partial charge in [-0.2, -0.15) is 5.10 Å². The predicted molar refractivity (Wildman–Crippen MR) is 99.2 cm³/mol. The van der Waals surface area contributed by atoms with Crippen molar-refractivity contribution in [2.24, 2.45) is 7.05 Å². The summed E-state index contributed by atoms with van der Waals surface area (Å²) in [6, 6.07) is 6.54. The van der Waals surface area contributed by atoms with Gasteiger partial charge in [-0.1, -0.05) is 18.2 Å². The zero-order valence-electron chi connectivity index (χ0n) is 15.4. The summed E-state index contributed by atoms with van der Waals surface area (Å²) in [5.41, 5.74) is 0.874. The highest BCUT2D eigenvalue weighted by Crippen LogP contribution is 2.20. The zero-order chi connectivity index (χ0) is 19.7. The first kappa shape index (κ1) is 18.3. The molecule has 28 heavy (non-hydrogen) atoms. The quantitative estimate of drug-likeness (QED) is 0.737. The summed E-state index contributed by atoms with van der Waals surface area (Å²) in [7, 11) is 1.58. The monoisotopic (exact) mass is 385 g/mol. The fourth-order valence-corrected chi connectivity index (χ4v) is 3.33. The molecule has 0 unspecified atom stereocenters. The highest BCUT2D eigenvalue weighted by Gasteiger charge is 2.27. The maximum absolute atomic E-state index is 13.7. The molecule has 8 nitrogen and oxygen atoms in total. The van der Waals surface area contributed by atoms with Crippen LogP contribution in [0, 0.1) is 5.82 Å². The smallest absolute Gasteiger partial charge is 0.281 e. The molecule has 4 rings (SSSR count). The Balaban J connectivity index is 1.39. The lowest BCUT2D eigenvalue weighted by atomic mass is 10.1. The minimum atomic E-state index is -0.305. The Kier molecular flexibility index (Phi) is 4.91. The van der Waals surface area contributed by atoms with Crippen LogP contribution in [0.3, 0.4) is 0 Å². The molecule has 1 aliphatic heterocycles. The number of carbonyl (C=O) groups is 1. The number of aromatic amines is 1. The van der Waals surface area contributed by atoms with Crippen molar-refractivity contribution in [1.82, 2.24) is 24.6 Å². The summed E-state index contributed by atoms with van der Waals surface area (Å²) in [5.74, 6) is -0.518. The molecule has 9 heteroatoms. The van der Waals surface area contributed by atoms with Crippen molar-refractivity contribution >= 4 is 16.9 Å². The molecule has 1 N–H and O–H groups in total. The third-order valence-electron chi connectivity index (χ3n) is 5.00. The van der Waals surface area contributed by atoms with E-state index in [1.807, 2.05) is 0 Å². The lowest BCUT2D eigenvalue weighted by Gasteiger charge is -2.31. The number of hydrogen-bond donors (Lipinski definition) is 1. The van der Waals surface area contributed by atoms with Gasteiger partial charge < -0.3 is 14.2 Å². The van der Waals surface area contributed by atoms with E-state index in [2.05, 4.69) is 15.2 Å². The molecule has 3 heterocycles. The number of fused-ring (bicyclic) bond motifs is 1. The summed E-state index contributed by atoms with van der Waals surface area (Å²) in [4.78, 5) is 30.7. The Hall–Kier alpha value is -3.07. The molecule has 1 aliphatic rings. The number of piperidine rings is 1. The van der Waals surface area contributed by atoms with Crippen LogP contribution in [-0.2, 0) is 18.4 Å². The second kappa shape index (κ2) is 7.51. The van der Waals surface area contributed by atoms with E-state index in [1.165, 1.54) is 17.0 Å². The van der Waals surface area contributed by atoms with Crippen LogP contribution in [0.1, 0.15) is 28.9 Å². The number of halogens is 1. The largest absolute Gasteiger partial charge is 0.373 e. The zero-order valence-corrected chi connectivity index (χ0v) is 15.4. The standard InChI is InChI=1S/C19H20FN5O3/c1-24-11-21-15-16(18(24)26)22-23-17(15)19(27)25-8-6-13(7-9-25)28-10-12-4-2-3-5-14(12)20/h2-5,11,13H,6-10H2,1H3,(H,22,23). The van der Waals surface area contributed by atoms with Gasteiger partial charge in [-0.3, -0.25) is 14.7 Å². The number of nitrogens with one attached hydrogen (secondary N) is 1. The van der Waals surface area contributed by atoms with Crippen LogP contribution in [0.4, 0.5) is 4.39 Å². The molecule has 1 fully saturated rings. The predicted octanol–water partition coefficient (Wildman–Crippen LogP) is 1.62. The molecule has 0 atom stereocenters. The molecule has 1 amide bonds. The summed E-state index contributed by atoms with van der Waals surface area (Å²) in [5, 5.41) is 6.61. The number of aryl methyl sites for hydroxylation is 1. The SMILES string of the molecule is Cn1cnc2c(C(=O)N3CCC(OCc4ccccc4F)CC3)[nH]nc2c1=O. The number of aromatic nitrogens is 4. The van der Waals surface area contributed by atoms with Crippen molar-refractivity contribution in [2.45, 2.75) is 25.6 Å². The molecule has 0 aliphatic carbocycles. The van der Waals surface area contributed by atoms with E-state index in [0.29, 0.717) is 31.5 Å². The second-order valence-electron chi connectivity index (χ2n) is 6.85. The van der Waals surface area contributed by atoms with Crippen LogP contribution in [0.5, 0.6) is 0 Å². The van der Waals surface area contributed by atoms with Crippen LogP contribution in [0.15, 0.2) is 35.4 Å². The number of nitrogens with zero attached hydrogens (tertiary/aromatic N) is 4. The first-order chi connectivity index (χ1) is 13.5. The molecule has 0 spiro atoms. The molecule has 0 saturated carbocycles.